The molecule has 5 atom stereocenters. The minimum atomic E-state index is -3.22. The molecule has 0 radical (unpaired) electrons. The van der Waals surface area contributed by atoms with Gasteiger partial charge in [-0.15, -0.1) is 0 Å². The van der Waals surface area contributed by atoms with E-state index in [0.29, 0.717) is 98.3 Å². The number of likely N-dealkylation sites (N-methyl/N-ethyl adjacent to an activating group) is 5. The third-order valence-electron chi connectivity index (χ3n) is 20.5. The molecule has 105 heavy (non-hydrogen) atoms. The summed E-state index contributed by atoms with van der Waals surface area (Å²) in [6, 6.07) is 32.0. The molecule has 600 valence electrons. The van der Waals surface area contributed by atoms with Crippen LogP contribution in [0.1, 0.15) is 271 Å². The Kier molecular flexibility index (Phi) is 24.3. The highest BCUT2D eigenvalue weighted by molar-refractivity contribution is 5.36. The summed E-state index contributed by atoms with van der Waals surface area (Å²) < 4.78 is 330. The number of benzene rings is 5. The van der Waals surface area contributed by atoms with Gasteiger partial charge in [-0.05, 0) is 153 Å². The predicted molar refractivity (Wildman–Crippen MR) is 407 cm³/mol. The van der Waals surface area contributed by atoms with Crippen molar-refractivity contribution in [2.45, 2.75) is 218 Å². The Bertz CT molecular complexity index is 4250. The number of quaternary nitrogens is 5. The molecular weight excluding hydrogens is 1430 g/mol. The van der Waals surface area contributed by atoms with Gasteiger partial charge in [0.25, 0.3) is 0 Å². The number of rotatable bonds is 25. The van der Waals surface area contributed by atoms with Gasteiger partial charge in [0.15, 0.2) is 0 Å². The lowest BCUT2D eigenvalue weighted by Gasteiger charge is -2.39. The summed E-state index contributed by atoms with van der Waals surface area (Å²) in [5, 5.41) is 56.7. The number of hydrogen-bond acceptors (Lipinski definition) is 10. The van der Waals surface area contributed by atoms with E-state index >= 15 is 0 Å². The summed E-state index contributed by atoms with van der Waals surface area (Å²) >= 11 is 0. The van der Waals surface area contributed by atoms with E-state index in [2.05, 4.69) is 0 Å². The average Bonchev–Trinajstić information content (AvgIpc) is 0.736. The highest BCUT2D eigenvalue weighted by Gasteiger charge is 2.45. The van der Waals surface area contributed by atoms with Crippen LogP contribution in [0, 0.1) is 0 Å². The lowest BCUT2D eigenvalue weighted by molar-refractivity contribution is -0.860. The molecule has 5 aliphatic rings. The summed E-state index contributed by atoms with van der Waals surface area (Å²) in [5.74, 6) is -2.98. The fraction of sp³-hybridized carbons (Fsp3) is 0.647. The van der Waals surface area contributed by atoms with E-state index in [1.807, 2.05) is 0 Å². The largest absolute Gasteiger partial charge is 1.00 e. The molecule has 1 unspecified atom stereocenters. The molecule has 0 spiro atoms. The van der Waals surface area contributed by atoms with Gasteiger partial charge in [-0.1, -0.05) is 157 Å². The zero-order valence-corrected chi connectivity index (χ0v) is 64.5. The number of nitrogens with one attached hydrogen (secondary N) is 5. The van der Waals surface area contributed by atoms with Crippen LogP contribution in [0.3, 0.4) is 0 Å². The van der Waals surface area contributed by atoms with Gasteiger partial charge in [-0.3, -0.25) is 0 Å². The smallest absolute Gasteiger partial charge is 0.118 e. The first kappa shape index (κ1) is 51.7. The average molecular weight is 1610 g/mol. The van der Waals surface area contributed by atoms with Gasteiger partial charge in [-0.2, -0.15) is 0 Å². The molecular formula is C85H140Cl5N5O10. The molecule has 20 heteroatoms. The van der Waals surface area contributed by atoms with E-state index in [-0.39, 0.29) is 125 Å². The summed E-state index contributed by atoms with van der Waals surface area (Å²) in [7, 11) is 3.37. The SMILES string of the molecule is [2H]C([2H])([2H])Oc1ccc([C@@H](C2(O)CCCCC2)C([2H])([2H])[NH+](C([2H])([2H])[2H])C([2H])([2H])[2H])cc1.[2H]C([2H])([2H])[NH+](C([2H])([2H])[2H])C([2H])([2H])C(c1ccc(OC)cc1)C1(O)CCCCC1.[2H]C([2H])([2H])[NH+](C([2H])([2H])[2H])C([2H])([2H])[C@H](c1ccc(OC)cc1)C1(O)CCCCC1.[2H]C([2H])([2H])[NH+](C[C@@H](c1ccc(OC)cc1)C1(O)CCCCC1)C([2H])([2H])[2H].[2H]C([2H])([2H])[NH+](C[C@H](c1ccc(OC)cc1)C1(O)CCCCC1)C([2H])([2H])[2H].[Cl-].[Cl-].[Cl-].[Cl-].[Cl-]. The van der Waals surface area contributed by atoms with Gasteiger partial charge in [0.05, 0.1) is 249 Å². The monoisotopic (exact) mass is 1610 g/mol. The Balaban J connectivity index is 0.000000893. The molecule has 5 fully saturated rings. The Hall–Kier alpha value is -3.85. The lowest BCUT2D eigenvalue weighted by atomic mass is 9.72. The number of methoxy groups -OCH3 is 5. The molecule has 5 aliphatic carbocycles. The first-order chi connectivity index (χ1) is 63.3. The topological polar surface area (TPSA) is 169 Å². The zero-order chi connectivity index (χ0) is 106. The molecule has 15 nitrogen and oxygen atoms in total. The molecule has 5 aromatic rings. The summed E-state index contributed by atoms with van der Waals surface area (Å²) in [5.41, 5.74) is -4.63. The second-order valence-corrected chi connectivity index (χ2v) is 27.4. The number of hydrogen-bond donors (Lipinski definition) is 10. The van der Waals surface area contributed by atoms with Crippen molar-refractivity contribution < 1.29 is 189 Å². The highest BCUT2D eigenvalue weighted by Crippen LogP contribution is 2.45. The van der Waals surface area contributed by atoms with Gasteiger partial charge in [-0.25, -0.2) is 0 Å². The Labute approximate surface area is 721 Å². The number of aliphatic hydroxyl groups is 5. The van der Waals surface area contributed by atoms with E-state index in [0.717, 1.165) is 68.9 Å². The molecule has 0 saturated heterocycles. The molecule has 5 aromatic carbocycles. The maximum Gasteiger partial charge on any atom is 0.118 e. The van der Waals surface area contributed by atoms with Crippen LogP contribution < -0.4 is 110 Å². The molecule has 0 aromatic heterocycles. The molecule has 5 saturated carbocycles. The van der Waals surface area contributed by atoms with Gasteiger partial charge >= 0.3 is 0 Å². The van der Waals surface area contributed by atoms with Gasteiger partial charge in [0, 0.05) is 0 Å². The molecule has 10 N–H and O–H groups in total. The van der Waals surface area contributed by atoms with Crippen LogP contribution in [0.5, 0.6) is 28.7 Å². The first-order valence-electron chi connectivity index (χ1n) is 54.6. The second-order valence-electron chi connectivity index (χ2n) is 27.4. The van der Waals surface area contributed by atoms with Crippen LogP contribution in [-0.2, 0) is 0 Å². The highest BCUT2D eigenvalue weighted by atomic mass is 35.5. The summed E-state index contributed by atoms with van der Waals surface area (Å²) in [6.07, 6.45) is 15.5. The maximum atomic E-state index is 11.4. The van der Waals surface area contributed by atoms with Crippen LogP contribution in [0.2, 0.25) is 0 Å². The van der Waals surface area contributed by atoms with E-state index < -0.39 is 178 Å². The Morgan fingerprint density at radius 3 is 0.619 bits per heavy atom. The van der Waals surface area contributed by atoms with Crippen molar-refractivity contribution in [3.8, 4) is 28.7 Å². The van der Waals surface area contributed by atoms with Crippen LogP contribution in [0.15, 0.2) is 121 Å². The Morgan fingerprint density at radius 2 is 0.448 bits per heavy atom. The number of ether oxygens (including phenoxy) is 5. The van der Waals surface area contributed by atoms with Crippen molar-refractivity contribution >= 4 is 0 Å². The van der Waals surface area contributed by atoms with Crippen molar-refractivity contribution in [1.82, 2.24) is 0 Å². The van der Waals surface area contributed by atoms with E-state index in [1.54, 1.807) is 111 Å². The Morgan fingerprint density at radius 1 is 0.276 bits per heavy atom. The quantitative estimate of drug-likeness (QED) is 0.0272. The van der Waals surface area contributed by atoms with Gasteiger partial charge < -0.3 is 136 Å². The first-order valence-corrected chi connectivity index (χ1v) is 35.1. The predicted octanol–water partition coefficient (Wildman–Crippen LogP) is -6.89. The molecule has 10 rings (SSSR count). The minimum absolute atomic E-state index is 0. The van der Waals surface area contributed by atoms with Crippen LogP contribution in [-0.4, -0.2) is 191 Å². The third-order valence-corrected chi connectivity index (χ3v) is 20.5. The normalized spacial score (nSPS) is 26.1. The van der Waals surface area contributed by atoms with E-state index in [1.165, 1.54) is 38.5 Å². The van der Waals surface area contributed by atoms with Crippen molar-refractivity contribution in [2.75, 3.05) is 138 Å². The van der Waals surface area contributed by atoms with Crippen molar-refractivity contribution in [3.05, 3.63) is 149 Å². The van der Waals surface area contributed by atoms with Gasteiger partial charge in [0.2, 0.25) is 0 Å². The number of halogens is 5. The fourth-order valence-corrected chi connectivity index (χ4v) is 15.0. The summed E-state index contributed by atoms with van der Waals surface area (Å²) in [6.45, 7) is -38.6. The van der Waals surface area contributed by atoms with Crippen molar-refractivity contribution in [3.63, 3.8) is 0 Å². The van der Waals surface area contributed by atoms with Crippen molar-refractivity contribution in [2.24, 2.45) is 0 Å². The van der Waals surface area contributed by atoms with Crippen LogP contribution in [0.4, 0.5) is 0 Å². The van der Waals surface area contributed by atoms with E-state index in [4.69, 9.17) is 77.1 Å². The minimum Gasteiger partial charge on any atom is -1.00 e. The summed E-state index contributed by atoms with van der Waals surface area (Å²) in [4.78, 5) is -4.46. The van der Waals surface area contributed by atoms with Gasteiger partial charge in [0.1, 0.15) is 28.7 Å². The standard InChI is InChI=1S/5C17H27NO2.5ClH/c5*1-18(2)13-16(17(19)11-5-4-6-12-17)14-7-9-15(20-3)10-8-14;;;;;/h5*7-10,16,19H,4-6,11-13H2,1-3H3;5*1H/t4*16-;;;;;;/m1100....../s1/i1D3,2D3,13D2;1D3,2D3;1D3,2D3,3D3,13D2;1D3,2D3;1D3,2D3,13D2;;;;;. The lowest BCUT2D eigenvalue weighted by Crippen LogP contribution is -3.06. The van der Waals surface area contributed by atoms with Crippen LogP contribution in [0.25, 0.3) is 0 Å². The molecule has 0 amide bonds. The van der Waals surface area contributed by atoms with E-state index in [9.17, 15) is 25.5 Å². The fourth-order valence-electron chi connectivity index (χ4n) is 15.0. The second kappa shape index (κ2) is 49.4. The van der Waals surface area contributed by atoms with Crippen LogP contribution >= 0.6 is 0 Å². The molecule has 0 heterocycles. The van der Waals surface area contributed by atoms with Crippen molar-refractivity contribution in [1.29, 1.82) is 0 Å². The zero-order valence-electron chi connectivity index (χ0n) is 99.7. The molecule has 0 aliphatic heterocycles. The maximum absolute atomic E-state index is 11.4. The third kappa shape index (κ3) is 31.1. The molecule has 0 bridgehead atoms.